The number of carbonyl (C=O) groups is 3. The van der Waals surface area contributed by atoms with Crippen LogP contribution in [0.15, 0.2) is 18.2 Å². The average Bonchev–Trinajstić information content (AvgIpc) is 2.48. The average molecular weight is 320 g/mol. The predicted molar refractivity (Wildman–Crippen MR) is 87.3 cm³/mol. The number of primary amides is 1. The van der Waals surface area contributed by atoms with E-state index in [2.05, 4.69) is 5.32 Å². The number of aryl methyl sites for hydroxylation is 2. The van der Waals surface area contributed by atoms with Crippen LogP contribution < -0.4 is 11.1 Å². The number of Topliss-reactive ketones (excluding diaryl/α,β-unsaturated/α-hetero) is 1. The van der Waals surface area contributed by atoms with Crippen molar-refractivity contribution in [2.24, 2.45) is 5.73 Å². The summed E-state index contributed by atoms with van der Waals surface area (Å²) in [5.41, 5.74) is 7.49. The van der Waals surface area contributed by atoms with Crippen molar-refractivity contribution < 1.29 is 19.1 Å². The van der Waals surface area contributed by atoms with Gasteiger partial charge in [-0.25, -0.2) is 4.79 Å². The van der Waals surface area contributed by atoms with Gasteiger partial charge in [-0.15, -0.1) is 0 Å². The maximum absolute atomic E-state index is 12.0. The van der Waals surface area contributed by atoms with Gasteiger partial charge in [0.15, 0.2) is 6.61 Å². The summed E-state index contributed by atoms with van der Waals surface area (Å²) in [5.74, 6) is -0.576. The molecule has 0 atom stereocenters. The number of urea groups is 1. The SMILES string of the molecule is Cc1ccc(C(=O)COC(=O)CCCCCNC(N)=O)c(C)c1. The van der Waals surface area contributed by atoms with Gasteiger partial charge in [-0.3, -0.25) is 9.59 Å². The van der Waals surface area contributed by atoms with Crippen molar-refractivity contribution in [3.63, 3.8) is 0 Å². The molecule has 0 fully saturated rings. The van der Waals surface area contributed by atoms with Crippen molar-refractivity contribution in [3.05, 3.63) is 34.9 Å². The van der Waals surface area contributed by atoms with E-state index < -0.39 is 6.03 Å². The number of esters is 1. The smallest absolute Gasteiger partial charge is 0.312 e. The molecule has 0 unspecified atom stereocenters. The third-order valence-electron chi connectivity index (χ3n) is 3.40. The lowest BCUT2D eigenvalue weighted by molar-refractivity contribution is -0.142. The van der Waals surface area contributed by atoms with Gasteiger partial charge in [-0.05, 0) is 32.3 Å². The molecule has 0 bridgehead atoms. The van der Waals surface area contributed by atoms with Crippen LogP contribution in [0.1, 0.15) is 47.2 Å². The molecular formula is C17H24N2O4. The van der Waals surface area contributed by atoms with E-state index in [1.54, 1.807) is 6.07 Å². The number of hydrogen-bond donors (Lipinski definition) is 2. The molecular weight excluding hydrogens is 296 g/mol. The molecule has 6 heteroatoms. The van der Waals surface area contributed by atoms with Crippen LogP contribution >= 0.6 is 0 Å². The second-order valence-corrected chi connectivity index (χ2v) is 5.50. The van der Waals surface area contributed by atoms with Crippen LogP contribution in [0.25, 0.3) is 0 Å². The van der Waals surface area contributed by atoms with Gasteiger partial charge < -0.3 is 15.8 Å². The topological polar surface area (TPSA) is 98.5 Å². The third kappa shape index (κ3) is 7.44. The molecule has 0 aliphatic rings. The van der Waals surface area contributed by atoms with E-state index in [4.69, 9.17) is 10.5 Å². The molecule has 1 aromatic rings. The predicted octanol–water partition coefficient (Wildman–Crippen LogP) is 2.26. The fraction of sp³-hybridized carbons (Fsp3) is 0.471. The summed E-state index contributed by atoms with van der Waals surface area (Å²) in [4.78, 5) is 34.1. The monoisotopic (exact) mass is 320 g/mol. The van der Waals surface area contributed by atoms with Gasteiger partial charge in [-0.2, -0.15) is 0 Å². The Hall–Kier alpha value is -2.37. The van der Waals surface area contributed by atoms with E-state index in [0.29, 0.717) is 18.5 Å². The number of benzene rings is 1. The van der Waals surface area contributed by atoms with Crippen LogP contribution in [0, 0.1) is 13.8 Å². The molecule has 6 nitrogen and oxygen atoms in total. The van der Waals surface area contributed by atoms with Gasteiger partial charge in [0.1, 0.15) is 0 Å². The zero-order valence-electron chi connectivity index (χ0n) is 13.7. The summed E-state index contributed by atoms with van der Waals surface area (Å²) in [6.07, 6.45) is 2.44. The summed E-state index contributed by atoms with van der Waals surface area (Å²) in [5, 5.41) is 2.48. The van der Waals surface area contributed by atoms with E-state index in [1.807, 2.05) is 26.0 Å². The molecule has 0 spiro atoms. The molecule has 0 heterocycles. The molecule has 2 amide bonds. The summed E-state index contributed by atoms with van der Waals surface area (Å²) in [7, 11) is 0. The van der Waals surface area contributed by atoms with Crippen LogP contribution in [0.3, 0.4) is 0 Å². The first-order valence-electron chi connectivity index (χ1n) is 7.69. The number of nitrogens with two attached hydrogens (primary N) is 1. The van der Waals surface area contributed by atoms with Gasteiger partial charge in [0.2, 0.25) is 5.78 Å². The van der Waals surface area contributed by atoms with Crippen LogP contribution in [-0.4, -0.2) is 30.9 Å². The highest BCUT2D eigenvalue weighted by atomic mass is 16.5. The van der Waals surface area contributed by atoms with Crippen molar-refractivity contribution >= 4 is 17.8 Å². The Morgan fingerprint density at radius 3 is 2.52 bits per heavy atom. The lowest BCUT2D eigenvalue weighted by Crippen LogP contribution is -2.29. The largest absolute Gasteiger partial charge is 0.457 e. The van der Waals surface area contributed by atoms with Gasteiger partial charge in [0, 0.05) is 18.5 Å². The van der Waals surface area contributed by atoms with Crippen LogP contribution in [-0.2, 0) is 9.53 Å². The van der Waals surface area contributed by atoms with Crippen molar-refractivity contribution in [2.75, 3.05) is 13.2 Å². The van der Waals surface area contributed by atoms with Crippen molar-refractivity contribution in [3.8, 4) is 0 Å². The third-order valence-corrected chi connectivity index (χ3v) is 3.40. The van der Waals surface area contributed by atoms with E-state index in [9.17, 15) is 14.4 Å². The second-order valence-electron chi connectivity index (χ2n) is 5.50. The molecule has 3 N–H and O–H groups in total. The highest BCUT2D eigenvalue weighted by Gasteiger charge is 2.12. The maximum Gasteiger partial charge on any atom is 0.312 e. The summed E-state index contributed by atoms with van der Waals surface area (Å²) >= 11 is 0. The van der Waals surface area contributed by atoms with E-state index in [1.165, 1.54) is 0 Å². The number of carbonyl (C=O) groups excluding carboxylic acids is 3. The lowest BCUT2D eigenvalue weighted by Gasteiger charge is -2.07. The molecule has 23 heavy (non-hydrogen) atoms. The minimum atomic E-state index is -0.547. The van der Waals surface area contributed by atoms with Gasteiger partial charge in [0.05, 0.1) is 0 Å². The fourth-order valence-electron chi connectivity index (χ4n) is 2.21. The number of ether oxygens (including phenoxy) is 1. The number of unbranched alkanes of at least 4 members (excludes halogenated alkanes) is 2. The Morgan fingerprint density at radius 1 is 1.13 bits per heavy atom. The molecule has 1 aromatic carbocycles. The fourth-order valence-corrected chi connectivity index (χ4v) is 2.21. The quantitative estimate of drug-likeness (QED) is 0.414. The molecule has 126 valence electrons. The highest BCUT2D eigenvalue weighted by Crippen LogP contribution is 2.11. The van der Waals surface area contributed by atoms with Crippen molar-refractivity contribution in [1.82, 2.24) is 5.32 Å². The van der Waals surface area contributed by atoms with Gasteiger partial charge >= 0.3 is 12.0 Å². The number of amides is 2. The Balaban J connectivity index is 2.22. The Bertz CT molecular complexity index is 570. The van der Waals surface area contributed by atoms with E-state index >= 15 is 0 Å². The minimum absolute atomic E-state index is 0.193. The molecule has 0 radical (unpaired) electrons. The summed E-state index contributed by atoms with van der Waals surface area (Å²) in [6, 6.07) is 5.00. The van der Waals surface area contributed by atoms with Crippen molar-refractivity contribution in [2.45, 2.75) is 39.5 Å². The number of hydrogen-bond acceptors (Lipinski definition) is 4. The molecule has 0 aliphatic heterocycles. The summed E-state index contributed by atoms with van der Waals surface area (Å²) < 4.78 is 5.01. The molecule has 1 rings (SSSR count). The highest BCUT2D eigenvalue weighted by molar-refractivity contribution is 5.99. The minimum Gasteiger partial charge on any atom is -0.457 e. The Kier molecular flexibility index (Phi) is 7.80. The second kappa shape index (κ2) is 9.61. The van der Waals surface area contributed by atoms with E-state index in [-0.39, 0.29) is 24.8 Å². The van der Waals surface area contributed by atoms with Crippen LogP contribution in [0.5, 0.6) is 0 Å². The molecule has 0 aromatic heterocycles. The Morgan fingerprint density at radius 2 is 1.87 bits per heavy atom. The number of rotatable bonds is 9. The maximum atomic E-state index is 12.0. The van der Waals surface area contributed by atoms with Gasteiger partial charge in [-0.1, -0.05) is 30.2 Å². The normalized spacial score (nSPS) is 10.2. The molecule has 0 aliphatic carbocycles. The first kappa shape index (κ1) is 18.7. The number of nitrogens with one attached hydrogen (secondary N) is 1. The standard InChI is InChI=1S/C17H24N2O4/c1-12-7-8-14(13(2)10-12)15(20)11-23-16(21)6-4-3-5-9-19-17(18)22/h7-8,10H,3-6,9,11H2,1-2H3,(H3,18,19,22). The Labute approximate surface area is 136 Å². The lowest BCUT2D eigenvalue weighted by atomic mass is 10.0. The van der Waals surface area contributed by atoms with E-state index in [0.717, 1.165) is 24.0 Å². The molecule has 0 saturated heterocycles. The first-order chi connectivity index (χ1) is 10.9. The first-order valence-corrected chi connectivity index (χ1v) is 7.69. The summed E-state index contributed by atoms with van der Waals surface area (Å²) in [6.45, 7) is 4.09. The zero-order valence-corrected chi connectivity index (χ0v) is 13.7. The zero-order chi connectivity index (χ0) is 17.2. The van der Waals surface area contributed by atoms with Crippen LogP contribution in [0.4, 0.5) is 4.79 Å². The van der Waals surface area contributed by atoms with Crippen molar-refractivity contribution in [1.29, 1.82) is 0 Å². The number of ketones is 1. The molecule has 0 saturated carbocycles. The van der Waals surface area contributed by atoms with Crippen LogP contribution in [0.2, 0.25) is 0 Å². The van der Waals surface area contributed by atoms with Gasteiger partial charge in [0.25, 0.3) is 0 Å².